The highest BCUT2D eigenvalue weighted by Crippen LogP contribution is 2.39. The van der Waals surface area contributed by atoms with Crippen molar-refractivity contribution in [2.75, 3.05) is 39.3 Å². The molecule has 182 valence electrons. The highest BCUT2D eigenvalue weighted by Gasteiger charge is 2.50. The standard InChI is InChI=1S/C30H41N2O2/c1-30(27-15-7-3-8-16-27,31-19-9-4-10-20-31)29(33)34-28-24-32(22-17-26(28)18-23-32)21-11-14-25-12-5-2-6-13-25/h2-3,5-8,12-13,15-16,26,28H,4,9-11,14,17-24H2,1H3/q+1/t26?,28-,30+,32?/m1/s1. The molecule has 2 bridgehead atoms. The molecule has 0 amide bonds. The lowest BCUT2D eigenvalue weighted by Crippen LogP contribution is -2.65. The monoisotopic (exact) mass is 461 g/mol. The lowest BCUT2D eigenvalue weighted by molar-refractivity contribution is -0.946. The van der Waals surface area contributed by atoms with Crippen LogP contribution in [0.3, 0.4) is 0 Å². The third-order valence-electron chi connectivity index (χ3n) is 8.96. The molecule has 0 unspecified atom stereocenters. The first kappa shape index (κ1) is 23.6. The number of ether oxygens (including phenoxy) is 1. The average molecular weight is 462 g/mol. The number of carbonyl (C=O) groups is 1. The molecular formula is C30H41N2O2+. The second kappa shape index (κ2) is 10.2. The number of benzene rings is 2. The Kier molecular flexibility index (Phi) is 7.08. The molecule has 0 spiro atoms. The van der Waals surface area contributed by atoms with Gasteiger partial charge in [0.2, 0.25) is 0 Å². The van der Waals surface area contributed by atoms with E-state index in [1.807, 2.05) is 18.2 Å². The Morgan fingerprint density at radius 2 is 1.62 bits per heavy atom. The van der Waals surface area contributed by atoms with Crippen LogP contribution >= 0.6 is 0 Å². The van der Waals surface area contributed by atoms with Gasteiger partial charge in [-0.25, -0.2) is 4.79 Å². The van der Waals surface area contributed by atoms with E-state index in [1.165, 1.54) is 50.9 Å². The van der Waals surface area contributed by atoms with Gasteiger partial charge in [0.1, 0.15) is 12.1 Å². The minimum absolute atomic E-state index is 0.0400. The molecule has 4 aliphatic rings. The fourth-order valence-corrected chi connectivity index (χ4v) is 6.72. The zero-order valence-electron chi connectivity index (χ0n) is 20.8. The Labute approximate surface area is 205 Å². The maximum atomic E-state index is 13.9. The maximum Gasteiger partial charge on any atom is 0.331 e. The number of hydrogen-bond donors (Lipinski definition) is 0. The van der Waals surface area contributed by atoms with Crippen LogP contribution in [0.5, 0.6) is 0 Å². The van der Waals surface area contributed by atoms with Crippen molar-refractivity contribution in [1.82, 2.24) is 4.90 Å². The molecule has 4 heterocycles. The van der Waals surface area contributed by atoms with Gasteiger partial charge in [0.05, 0.1) is 19.6 Å². The van der Waals surface area contributed by atoms with E-state index in [1.54, 1.807) is 0 Å². The lowest BCUT2D eigenvalue weighted by Gasteiger charge is -2.53. The summed E-state index contributed by atoms with van der Waals surface area (Å²) in [6.45, 7) is 8.71. The van der Waals surface area contributed by atoms with Crippen molar-refractivity contribution in [2.24, 2.45) is 5.92 Å². The van der Waals surface area contributed by atoms with E-state index in [4.69, 9.17) is 4.74 Å². The molecule has 0 aliphatic carbocycles. The van der Waals surface area contributed by atoms with Crippen LogP contribution in [0.1, 0.15) is 56.6 Å². The minimum Gasteiger partial charge on any atom is -0.454 e. The molecule has 6 rings (SSSR count). The van der Waals surface area contributed by atoms with Gasteiger partial charge in [0.15, 0.2) is 6.10 Å². The third-order valence-corrected chi connectivity index (χ3v) is 8.96. The van der Waals surface area contributed by atoms with Crippen LogP contribution in [0.2, 0.25) is 0 Å². The normalized spacial score (nSPS) is 28.9. The van der Waals surface area contributed by atoms with Crippen LogP contribution in [0.25, 0.3) is 0 Å². The van der Waals surface area contributed by atoms with Gasteiger partial charge in [-0.05, 0) is 50.4 Å². The van der Waals surface area contributed by atoms with E-state index >= 15 is 0 Å². The molecule has 2 atom stereocenters. The van der Waals surface area contributed by atoms with Gasteiger partial charge in [-0.15, -0.1) is 0 Å². The van der Waals surface area contributed by atoms with Crippen molar-refractivity contribution in [3.05, 3.63) is 71.8 Å². The van der Waals surface area contributed by atoms with Crippen LogP contribution in [-0.4, -0.2) is 60.7 Å². The van der Waals surface area contributed by atoms with Crippen molar-refractivity contribution in [3.63, 3.8) is 0 Å². The number of fused-ring (bicyclic) bond motifs is 3. The Morgan fingerprint density at radius 3 is 2.29 bits per heavy atom. The van der Waals surface area contributed by atoms with Gasteiger partial charge in [-0.3, -0.25) is 4.90 Å². The molecule has 0 N–H and O–H groups in total. The van der Waals surface area contributed by atoms with E-state index in [2.05, 4.69) is 54.3 Å². The van der Waals surface area contributed by atoms with E-state index in [9.17, 15) is 4.79 Å². The van der Waals surface area contributed by atoms with E-state index < -0.39 is 5.54 Å². The molecule has 4 heteroatoms. The summed E-state index contributed by atoms with van der Waals surface area (Å²) in [5.41, 5.74) is 1.79. The van der Waals surface area contributed by atoms with Crippen LogP contribution in [0.4, 0.5) is 0 Å². The zero-order chi connectivity index (χ0) is 23.4. The predicted octanol–water partition coefficient (Wildman–Crippen LogP) is 5.17. The van der Waals surface area contributed by atoms with E-state index in [0.29, 0.717) is 5.92 Å². The van der Waals surface area contributed by atoms with Gasteiger partial charge in [-0.1, -0.05) is 67.1 Å². The van der Waals surface area contributed by atoms with Crippen molar-refractivity contribution in [1.29, 1.82) is 0 Å². The summed E-state index contributed by atoms with van der Waals surface area (Å²) in [7, 11) is 0. The van der Waals surface area contributed by atoms with Crippen molar-refractivity contribution in [2.45, 2.75) is 63.5 Å². The number of nitrogens with zero attached hydrogens (tertiary/aromatic N) is 2. The molecule has 34 heavy (non-hydrogen) atoms. The number of carbonyl (C=O) groups excluding carboxylic acids is 1. The fourth-order valence-electron chi connectivity index (χ4n) is 6.72. The molecule has 4 aliphatic heterocycles. The predicted molar refractivity (Wildman–Crippen MR) is 136 cm³/mol. The van der Waals surface area contributed by atoms with Crippen molar-refractivity contribution < 1.29 is 14.0 Å². The van der Waals surface area contributed by atoms with E-state index in [-0.39, 0.29) is 12.1 Å². The molecule has 0 saturated carbocycles. The maximum absolute atomic E-state index is 13.9. The molecule has 4 fully saturated rings. The Balaban J connectivity index is 1.28. The SMILES string of the molecule is C[C@@](C(=O)O[C@@H]1C[N+]2(CCCc3ccccc3)CCC1CC2)(c1ccccc1)N1CCCCC1. The largest absolute Gasteiger partial charge is 0.454 e. The molecule has 2 aromatic carbocycles. The molecule has 0 radical (unpaired) electrons. The summed E-state index contributed by atoms with van der Waals surface area (Å²) >= 11 is 0. The number of piperidine rings is 4. The fraction of sp³-hybridized carbons (Fsp3) is 0.567. The van der Waals surface area contributed by atoms with Crippen molar-refractivity contribution >= 4 is 5.97 Å². The van der Waals surface area contributed by atoms with Gasteiger partial charge < -0.3 is 9.22 Å². The van der Waals surface area contributed by atoms with Gasteiger partial charge in [-0.2, -0.15) is 0 Å². The number of quaternary nitrogens is 1. The van der Waals surface area contributed by atoms with Gasteiger partial charge in [0, 0.05) is 25.2 Å². The van der Waals surface area contributed by atoms with Gasteiger partial charge in [0.25, 0.3) is 0 Å². The topological polar surface area (TPSA) is 29.5 Å². The highest BCUT2D eigenvalue weighted by atomic mass is 16.5. The quantitative estimate of drug-likeness (QED) is 0.401. The molecule has 2 aromatic rings. The average Bonchev–Trinajstić information content (AvgIpc) is 2.90. The Morgan fingerprint density at radius 1 is 0.971 bits per heavy atom. The number of aryl methyl sites for hydroxylation is 1. The second-order valence-corrected chi connectivity index (χ2v) is 11.1. The smallest absolute Gasteiger partial charge is 0.331 e. The minimum atomic E-state index is -0.703. The second-order valence-electron chi connectivity index (χ2n) is 11.1. The Bertz CT molecular complexity index is 933. The lowest BCUT2D eigenvalue weighted by atomic mass is 9.82. The first-order valence-electron chi connectivity index (χ1n) is 13.5. The summed E-state index contributed by atoms with van der Waals surface area (Å²) in [5.74, 6) is 0.487. The molecule has 0 aromatic heterocycles. The number of likely N-dealkylation sites (tertiary alicyclic amines) is 1. The first-order chi connectivity index (χ1) is 16.6. The number of rotatable bonds is 8. The van der Waals surface area contributed by atoms with Crippen LogP contribution < -0.4 is 0 Å². The van der Waals surface area contributed by atoms with Crippen molar-refractivity contribution in [3.8, 4) is 0 Å². The third kappa shape index (κ3) is 4.81. The number of esters is 1. The van der Waals surface area contributed by atoms with Gasteiger partial charge >= 0.3 is 5.97 Å². The summed E-state index contributed by atoms with van der Waals surface area (Å²) in [6, 6.07) is 21.2. The molecule has 4 saturated heterocycles. The van der Waals surface area contributed by atoms with Crippen LogP contribution in [0.15, 0.2) is 60.7 Å². The molecule has 4 nitrogen and oxygen atoms in total. The summed E-state index contributed by atoms with van der Waals surface area (Å²) in [5, 5.41) is 0. The van der Waals surface area contributed by atoms with E-state index in [0.717, 1.165) is 48.9 Å². The highest BCUT2D eigenvalue weighted by molar-refractivity contribution is 5.82. The first-order valence-corrected chi connectivity index (χ1v) is 13.5. The number of hydrogen-bond acceptors (Lipinski definition) is 3. The molecular weight excluding hydrogens is 420 g/mol. The zero-order valence-corrected chi connectivity index (χ0v) is 20.8. The Hall–Kier alpha value is -2.17. The van der Waals surface area contributed by atoms with Crippen LogP contribution in [-0.2, 0) is 21.5 Å². The summed E-state index contributed by atoms with van der Waals surface area (Å²) < 4.78 is 7.62. The van der Waals surface area contributed by atoms with Crippen LogP contribution in [0, 0.1) is 5.92 Å². The summed E-state index contributed by atoms with van der Waals surface area (Å²) in [4.78, 5) is 16.3. The summed E-state index contributed by atoms with van der Waals surface area (Å²) in [6.07, 6.45) is 8.33.